The highest BCUT2D eigenvalue weighted by Crippen LogP contribution is 2.24. The Labute approximate surface area is 130 Å². The summed E-state index contributed by atoms with van der Waals surface area (Å²) in [5.41, 5.74) is 1.07. The minimum absolute atomic E-state index is 0.0486. The summed E-state index contributed by atoms with van der Waals surface area (Å²) in [6, 6.07) is 9.44. The number of nitrogens with zero attached hydrogens (tertiary/aromatic N) is 1. The van der Waals surface area contributed by atoms with Gasteiger partial charge >= 0.3 is 0 Å². The molecule has 0 bridgehead atoms. The fraction of sp³-hybridized carbons (Fsp3) is 0.500. The Balaban J connectivity index is 2.01. The molecule has 2 amide bonds. The van der Waals surface area contributed by atoms with Gasteiger partial charge in [-0.3, -0.25) is 9.59 Å². The molecule has 21 heavy (non-hydrogen) atoms. The van der Waals surface area contributed by atoms with Gasteiger partial charge in [0.05, 0.1) is 11.9 Å². The zero-order valence-corrected chi connectivity index (χ0v) is 13.5. The molecule has 0 aromatic heterocycles. The molecule has 1 heterocycles. The number of benzene rings is 1. The van der Waals surface area contributed by atoms with Crippen molar-refractivity contribution < 1.29 is 9.59 Å². The SMILES string of the molecule is CC(C)C(=O)N1CSC[C@@H]1C(=O)N[C@@H](C)c1ccccc1. The van der Waals surface area contributed by atoms with Crippen LogP contribution in [0.5, 0.6) is 0 Å². The molecule has 4 nitrogen and oxygen atoms in total. The van der Waals surface area contributed by atoms with Crippen LogP contribution in [0.1, 0.15) is 32.4 Å². The Morgan fingerprint density at radius 3 is 2.52 bits per heavy atom. The quantitative estimate of drug-likeness (QED) is 0.929. The number of hydrogen-bond acceptors (Lipinski definition) is 3. The molecule has 1 aliphatic rings. The maximum atomic E-state index is 12.4. The first-order valence-electron chi connectivity index (χ1n) is 7.24. The van der Waals surface area contributed by atoms with E-state index in [0.29, 0.717) is 11.6 Å². The monoisotopic (exact) mass is 306 g/mol. The Hall–Kier alpha value is -1.49. The van der Waals surface area contributed by atoms with Gasteiger partial charge in [0.15, 0.2) is 0 Å². The van der Waals surface area contributed by atoms with Crippen molar-refractivity contribution in [1.29, 1.82) is 0 Å². The first-order chi connectivity index (χ1) is 10.0. The molecule has 1 fully saturated rings. The fourth-order valence-corrected chi connectivity index (χ4v) is 3.51. The van der Waals surface area contributed by atoms with E-state index in [2.05, 4.69) is 5.32 Å². The van der Waals surface area contributed by atoms with Crippen molar-refractivity contribution >= 4 is 23.6 Å². The topological polar surface area (TPSA) is 49.4 Å². The number of amides is 2. The lowest BCUT2D eigenvalue weighted by molar-refractivity contribution is -0.140. The van der Waals surface area contributed by atoms with Crippen molar-refractivity contribution in [2.24, 2.45) is 5.92 Å². The van der Waals surface area contributed by atoms with E-state index in [0.717, 1.165) is 5.56 Å². The van der Waals surface area contributed by atoms with Gasteiger partial charge in [-0.05, 0) is 12.5 Å². The summed E-state index contributed by atoms with van der Waals surface area (Å²) in [4.78, 5) is 26.3. The fourth-order valence-electron chi connectivity index (χ4n) is 2.34. The van der Waals surface area contributed by atoms with Gasteiger partial charge in [-0.1, -0.05) is 44.2 Å². The number of carbonyl (C=O) groups is 2. The average Bonchev–Trinajstić information content (AvgIpc) is 2.96. The van der Waals surface area contributed by atoms with E-state index in [1.165, 1.54) is 0 Å². The van der Waals surface area contributed by atoms with Crippen molar-refractivity contribution in [1.82, 2.24) is 10.2 Å². The van der Waals surface area contributed by atoms with E-state index in [-0.39, 0.29) is 29.8 Å². The number of thioether (sulfide) groups is 1. The number of carbonyl (C=O) groups excluding carboxylic acids is 2. The van der Waals surface area contributed by atoms with Crippen LogP contribution in [0.25, 0.3) is 0 Å². The first kappa shape index (κ1) is 15.9. The molecule has 1 aromatic rings. The number of rotatable bonds is 4. The van der Waals surface area contributed by atoms with E-state index in [1.807, 2.05) is 51.1 Å². The maximum Gasteiger partial charge on any atom is 0.244 e. The molecular formula is C16H22N2O2S. The minimum atomic E-state index is -0.351. The van der Waals surface area contributed by atoms with Crippen LogP contribution in [0.4, 0.5) is 0 Å². The van der Waals surface area contributed by atoms with E-state index in [4.69, 9.17) is 0 Å². The molecule has 114 valence electrons. The largest absolute Gasteiger partial charge is 0.348 e. The molecule has 0 spiro atoms. The molecule has 1 aromatic carbocycles. The number of hydrogen-bond donors (Lipinski definition) is 1. The van der Waals surface area contributed by atoms with Gasteiger partial charge < -0.3 is 10.2 Å². The molecular weight excluding hydrogens is 284 g/mol. The third-order valence-corrected chi connectivity index (χ3v) is 4.63. The summed E-state index contributed by atoms with van der Waals surface area (Å²) >= 11 is 1.63. The molecule has 1 saturated heterocycles. The highest BCUT2D eigenvalue weighted by molar-refractivity contribution is 7.99. The molecule has 1 aliphatic heterocycles. The molecule has 0 saturated carbocycles. The van der Waals surface area contributed by atoms with Crippen molar-refractivity contribution in [2.75, 3.05) is 11.6 Å². The van der Waals surface area contributed by atoms with Gasteiger partial charge in [0, 0.05) is 11.7 Å². The predicted octanol–water partition coefficient (Wildman–Crippen LogP) is 2.42. The van der Waals surface area contributed by atoms with Crippen LogP contribution in [0.3, 0.4) is 0 Å². The van der Waals surface area contributed by atoms with Crippen molar-refractivity contribution in [3.05, 3.63) is 35.9 Å². The molecule has 0 radical (unpaired) electrons. The van der Waals surface area contributed by atoms with Crippen LogP contribution in [-0.2, 0) is 9.59 Å². The van der Waals surface area contributed by atoms with Gasteiger partial charge in [-0.25, -0.2) is 0 Å². The van der Waals surface area contributed by atoms with Crippen LogP contribution in [-0.4, -0.2) is 34.4 Å². The summed E-state index contributed by atoms with van der Waals surface area (Å²) in [6.07, 6.45) is 0. The second kappa shape index (κ2) is 6.98. The maximum absolute atomic E-state index is 12.4. The number of nitrogens with one attached hydrogen (secondary N) is 1. The van der Waals surface area contributed by atoms with Crippen LogP contribution in [0, 0.1) is 5.92 Å². The van der Waals surface area contributed by atoms with E-state index in [9.17, 15) is 9.59 Å². The van der Waals surface area contributed by atoms with Crippen molar-refractivity contribution in [3.8, 4) is 0 Å². The molecule has 1 N–H and O–H groups in total. The van der Waals surface area contributed by atoms with Crippen LogP contribution in [0.15, 0.2) is 30.3 Å². The molecule has 0 unspecified atom stereocenters. The van der Waals surface area contributed by atoms with E-state index in [1.54, 1.807) is 16.7 Å². The average molecular weight is 306 g/mol. The summed E-state index contributed by atoms with van der Waals surface area (Å²) in [5.74, 6) is 1.18. The van der Waals surface area contributed by atoms with Gasteiger partial charge in [0.2, 0.25) is 11.8 Å². The normalized spacial score (nSPS) is 19.6. The van der Waals surface area contributed by atoms with Crippen LogP contribution >= 0.6 is 11.8 Å². The summed E-state index contributed by atoms with van der Waals surface area (Å²) < 4.78 is 0. The zero-order valence-electron chi connectivity index (χ0n) is 12.7. The van der Waals surface area contributed by atoms with Gasteiger partial charge in [0.1, 0.15) is 6.04 Å². The molecule has 2 rings (SSSR count). The minimum Gasteiger partial charge on any atom is -0.348 e. The predicted molar refractivity (Wildman–Crippen MR) is 85.8 cm³/mol. The van der Waals surface area contributed by atoms with Crippen molar-refractivity contribution in [3.63, 3.8) is 0 Å². The zero-order chi connectivity index (χ0) is 15.4. The van der Waals surface area contributed by atoms with E-state index >= 15 is 0 Å². The van der Waals surface area contributed by atoms with Gasteiger partial charge in [-0.2, -0.15) is 0 Å². The standard InChI is InChI=1S/C16H22N2O2S/c1-11(2)16(20)18-10-21-9-14(18)15(19)17-12(3)13-7-5-4-6-8-13/h4-8,11-12,14H,9-10H2,1-3H3,(H,17,19)/t12-,14+/m0/s1. The first-order valence-corrected chi connectivity index (χ1v) is 8.39. The Morgan fingerprint density at radius 1 is 1.24 bits per heavy atom. The second-order valence-corrected chi connectivity index (χ2v) is 6.62. The second-order valence-electron chi connectivity index (χ2n) is 5.62. The molecule has 0 aliphatic carbocycles. The Bertz CT molecular complexity index is 504. The lowest BCUT2D eigenvalue weighted by Gasteiger charge is -2.26. The Morgan fingerprint density at radius 2 is 1.90 bits per heavy atom. The summed E-state index contributed by atoms with van der Waals surface area (Å²) in [7, 11) is 0. The van der Waals surface area contributed by atoms with Crippen LogP contribution < -0.4 is 5.32 Å². The highest BCUT2D eigenvalue weighted by Gasteiger charge is 2.35. The summed E-state index contributed by atoms with van der Waals surface area (Å²) in [6.45, 7) is 5.70. The van der Waals surface area contributed by atoms with Crippen molar-refractivity contribution in [2.45, 2.75) is 32.9 Å². The van der Waals surface area contributed by atoms with Gasteiger partial charge in [0.25, 0.3) is 0 Å². The third-order valence-electron chi connectivity index (χ3n) is 3.62. The van der Waals surface area contributed by atoms with Gasteiger partial charge in [-0.15, -0.1) is 11.8 Å². The summed E-state index contributed by atoms with van der Waals surface area (Å²) in [5, 5.41) is 3.02. The molecule has 2 atom stereocenters. The molecule has 5 heteroatoms. The lowest BCUT2D eigenvalue weighted by atomic mass is 10.1. The van der Waals surface area contributed by atoms with E-state index < -0.39 is 0 Å². The van der Waals surface area contributed by atoms with Crippen LogP contribution in [0.2, 0.25) is 0 Å². The smallest absolute Gasteiger partial charge is 0.244 e. The third kappa shape index (κ3) is 3.79. The lowest BCUT2D eigenvalue weighted by Crippen LogP contribution is -2.48. The Kier molecular flexibility index (Phi) is 5.28. The highest BCUT2D eigenvalue weighted by atomic mass is 32.2.